The number of sulfonamides is 1. The van der Waals surface area contributed by atoms with Gasteiger partial charge in [-0.05, 0) is 50.8 Å². The first-order chi connectivity index (χ1) is 13.3. The van der Waals surface area contributed by atoms with Crippen LogP contribution in [-0.4, -0.2) is 44.4 Å². The number of nitrogens with zero attached hydrogens (tertiary/aromatic N) is 1. The third kappa shape index (κ3) is 5.70. The van der Waals surface area contributed by atoms with Gasteiger partial charge < -0.3 is 10.1 Å². The number of carbonyl (C=O) groups is 1. The number of methoxy groups -OCH3 is 1. The van der Waals surface area contributed by atoms with Crippen molar-refractivity contribution in [3.8, 4) is 5.75 Å². The molecule has 2 rings (SSSR count). The summed E-state index contributed by atoms with van der Waals surface area (Å²) >= 11 is 0. The van der Waals surface area contributed by atoms with Gasteiger partial charge in [0.05, 0.1) is 13.7 Å². The number of nitrogens with one attached hydrogen (secondary N) is 1. The maximum Gasteiger partial charge on any atom is 0.247 e. The first-order valence-corrected chi connectivity index (χ1v) is 11.7. The van der Waals surface area contributed by atoms with Gasteiger partial charge in [0.2, 0.25) is 15.9 Å². The number of benzene rings is 1. The van der Waals surface area contributed by atoms with Crippen LogP contribution in [0, 0.1) is 6.92 Å². The van der Waals surface area contributed by atoms with E-state index in [0.717, 1.165) is 50.5 Å². The van der Waals surface area contributed by atoms with Crippen molar-refractivity contribution >= 4 is 15.9 Å². The van der Waals surface area contributed by atoms with E-state index in [9.17, 15) is 13.2 Å². The first kappa shape index (κ1) is 22.7. The lowest BCUT2D eigenvalue weighted by Gasteiger charge is -2.33. The number of hydrogen-bond acceptors (Lipinski definition) is 4. The van der Waals surface area contributed by atoms with E-state index in [2.05, 4.69) is 12.2 Å². The molecule has 0 saturated heterocycles. The maximum absolute atomic E-state index is 13.6. The molecular formula is C21H34N2O4S. The molecule has 158 valence electrons. The van der Waals surface area contributed by atoms with Crippen molar-refractivity contribution in [2.75, 3.05) is 13.7 Å². The Balaban J connectivity index is 2.35. The van der Waals surface area contributed by atoms with Crippen molar-refractivity contribution in [2.45, 2.75) is 82.7 Å². The summed E-state index contributed by atoms with van der Waals surface area (Å²) in [6.07, 6.45) is 6.47. The van der Waals surface area contributed by atoms with Gasteiger partial charge in [-0.25, -0.2) is 8.42 Å². The number of hydrogen-bond donors (Lipinski definition) is 1. The topological polar surface area (TPSA) is 75.7 Å². The highest BCUT2D eigenvalue weighted by atomic mass is 32.2. The molecule has 1 fully saturated rings. The molecule has 1 saturated carbocycles. The minimum Gasteiger partial charge on any atom is -0.495 e. The zero-order valence-electron chi connectivity index (χ0n) is 17.5. The first-order valence-electron chi connectivity index (χ1n) is 10.3. The minimum absolute atomic E-state index is 0.0296. The van der Waals surface area contributed by atoms with E-state index in [1.54, 1.807) is 12.1 Å². The van der Waals surface area contributed by atoms with Crippen molar-refractivity contribution in [1.29, 1.82) is 0 Å². The molecule has 1 aliphatic rings. The second-order valence-electron chi connectivity index (χ2n) is 7.75. The molecule has 6 nitrogen and oxygen atoms in total. The number of rotatable bonds is 9. The molecule has 0 bridgehead atoms. The van der Waals surface area contributed by atoms with Gasteiger partial charge in [-0.15, -0.1) is 0 Å². The molecule has 0 radical (unpaired) electrons. The van der Waals surface area contributed by atoms with Crippen LogP contribution in [0.5, 0.6) is 5.75 Å². The lowest BCUT2D eigenvalue weighted by molar-refractivity contribution is -0.122. The Morgan fingerprint density at radius 2 is 1.96 bits per heavy atom. The lowest BCUT2D eigenvalue weighted by Crippen LogP contribution is -2.48. The SMILES string of the molecule is CCC[C@@H](C)NC(=O)CN(C1CCCCC1)S(=O)(=O)c1cc(C)ccc1OC. The second kappa shape index (κ2) is 10.3. The molecule has 0 aliphatic heterocycles. The van der Waals surface area contributed by atoms with Crippen LogP contribution in [-0.2, 0) is 14.8 Å². The molecular weight excluding hydrogens is 376 g/mol. The van der Waals surface area contributed by atoms with Gasteiger partial charge >= 0.3 is 0 Å². The van der Waals surface area contributed by atoms with Crippen molar-refractivity contribution in [2.24, 2.45) is 0 Å². The summed E-state index contributed by atoms with van der Waals surface area (Å²) in [6, 6.07) is 4.99. The molecule has 1 aromatic rings. The number of amides is 1. The fraction of sp³-hybridized carbons (Fsp3) is 0.667. The van der Waals surface area contributed by atoms with Crippen LogP contribution in [0.15, 0.2) is 23.1 Å². The minimum atomic E-state index is -3.86. The molecule has 1 atom stereocenters. The Morgan fingerprint density at radius 1 is 1.29 bits per heavy atom. The predicted octanol–water partition coefficient (Wildman–Crippen LogP) is 3.63. The zero-order valence-corrected chi connectivity index (χ0v) is 18.3. The smallest absolute Gasteiger partial charge is 0.247 e. The fourth-order valence-electron chi connectivity index (χ4n) is 3.86. The van der Waals surface area contributed by atoms with Gasteiger partial charge in [0.1, 0.15) is 10.6 Å². The number of aryl methyl sites for hydroxylation is 1. The standard InChI is InChI=1S/C21H34N2O4S/c1-5-9-17(3)22-21(24)15-23(18-10-7-6-8-11-18)28(25,26)20-14-16(2)12-13-19(20)27-4/h12-14,17-18H,5-11,15H2,1-4H3,(H,22,24)/t17-/m1/s1. The highest BCUT2D eigenvalue weighted by Gasteiger charge is 2.35. The molecule has 7 heteroatoms. The summed E-state index contributed by atoms with van der Waals surface area (Å²) in [5, 5.41) is 2.94. The van der Waals surface area contributed by atoms with Crippen LogP contribution >= 0.6 is 0 Å². The van der Waals surface area contributed by atoms with E-state index in [1.165, 1.54) is 11.4 Å². The van der Waals surface area contributed by atoms with Gasteiger partial charge in [0.25, 0.3) is 0 Å². The molecule has 0 spiro atoms. The fourth-order valence-corrected chi connectivity index (χ4v) is 5.74. The summed E-state index contributed by atoms with van der Waals surface area (Å²) < 4.78 is 33.9. The predicted molar refractivity (Wildman–Crippen MR) is 111 cm³/mol. The second-order valence-corrected chi connectivity index (χ2v) is 9.61. The van der Waals surface area contributed by atoms with Crippen LogP contribution in [0.4, 0.5) is 0 Å². The van der Waals surface area contributed by atoms with E-state index in [-0.39, 0.29) is 29.4 Å². The van der Waals surface area contributed by atoms with Gasteiger partial charge in [0, 0.05) is 12.1 Å². The van der Waals surface area contributed by atoms with Gasteiger partial charge in [-0.1, -0.05) is 38.7 Å². The summed E-state index contributed by atoms with van der Waals surface area (Å²) in [7, 11) is -2.40. The van der Waals surface area contributed by atoms with E-state index in [4.69, 9.17) is 4.74 Å². The van der Waals surface area contributed by atoms with Crippen molar-refractivity contribution in [3.05, 3.63) is 23.8 Å². The third-order valence-corrected chi connectivity index (χ3v) is 7.24. The van der Waals surface area contributed by atoms with Crippen molar-refractivity contribution in [3.63, 3.8) is 0 Å². The van der Waals surface area contributed by atoms with Crippen molar-refractivity contribution in [1.82, 2.24) is 9.62 Å². The summed E-state index contributed by atoms with van der Waals surface area (Å²) in [6.45, 7) is 5.70. The van der Waals surface area contributed by atoms with Crippen LogP contribution in [0.3, 0.4) is 0 Å². The Labute approximate surface area is 169 Å². The normalized spacial score (nSPS) is 16.8. The molecule has 28 heavy (non-hydrogen) atoms. The number of carbonyl (C=O) groups excluding carboxylic acids is 1. The molecule has 1 aliphatic carbocycles. The quantitative estimate of drug-likeness (QED) is 0.674. The van der Waals surface area contributed by atoms with Crippen molar-refractivity contribution < 1.29 is 17.9 Å². The summed E-state index contributed by atoms with van der Waals surface area (Å²) in [5.74, 6) is 0.0629. The van der Waals surface area contributed by atoms with Crippen LogP contribution in [0.2, 0.25) is 0 Å². The molecule has 0 unspecified atom stereocenters. The maximum atomic E-state index is 13.6. The summed E-state index contributed by atoms with van der Waals surface area (Å²) in [4.78, 5) is 12.8. The van der Waals surface area contributed by atoms with Crippen LogP contribution in [0.25, 0.3) is 0 Å². The van der Waals surface area contributed by atoms with Gasteiger partial charge in [0.15, 0.2) is 0 Å². The molecule has 1 N–H and O–H groups in total. The third-order valence-electron chi connectivity index (χ3n) is 5.32. The Morgan fingerprint density at radius 3 is 2.57 bits per heavy atom. The largest absolute Gasteiger partial charge is 0.495 e. The monoisotopic (exact) mass is 410 g/mol. The highest BCUT2D eigenvalue weighted by molar-refractivity contribution is 7.89. The van der Waals surface area contributed by atoms with E-state index in [1.807, 2.05) is 19.9 Å². The average molecular weight is 411 g/mol. The Hall–Kier alpha value is -1.60. The highest BCUT2D eigenvalue weighted by Crippen LogP contribution is 2.32. The Bertz CT molecular complexity index is 758. The van der Waals surface area contributed by atoms with E-state index < -0.39 is 10.0 Å². The van der Waals surface area contributed by atoms with E-state index in [0.29, 0.717) is 5.75 Å². The molecule has 1 aromatic carbocycles. The average Bonchev–Trinajstić information content (AvgIpc) is 2.66. The van der Waals surface area contributed by atoms with Crippen LogP contribution in [0.1, 0.15) is 64.4 Å². The summed E-state index contributed by atoms with van der Waals surface area (Å²) in [5.41, 5.74) is 0.837. The molecule has 1 amide bonds. The van der Waals surface area contributed by atoms with Gasteiger partial charge in [-0.2, -0.15) is 4.31 Å². The Kier molecular flexibility index (Phi) is 8.31. The zero-order chi connectivity index (χ0) is 20.7. The van der Waals surface area contributed by atoms with E-state index >= 15 is 0 Å². The number of ether oxygens (including phenoxy) is 1. The molecule has 0 aromatic heterocycles. The lowest BCUT2D eigenvalue weighted by atomic mass is 9.95. The van der Waals surface area contributed by atoms with Crippen LogP contribution < -0.4 is 10.1 Å². The molecule has 0 heterocycles. The van der Waals surface area contributed by atoms with Gasteiger partial charge in [-0.3, -0.25) is 4.79 Å².